The van der Waals surface area contributed by atoms with Gasteiger partial charge in [0.15, 0.2) is 22.8 Å². The van der Waals surface area contributed by atoms with E-state index in [1.165, 1.54) is 35.5 Å². The van der Waals surface area contributed by atoms with Gasteiger partial charge in [-0.15, -0.1) is 23.1 Å². The number of aliphatic carboxylic acids is 1. The van der Waals surface area contributed by atoms with Crippen molar-refractivity contribution in [2.75, 3.05) is 31.5 Å². The quantitative estimate of drug-likeness (QED) is 0.132. The number of nitrogen functional groups attached to an aromatic ring is 1. The molecule has 2 aromatic heterocycles. The van der Waals surface area contributed by atoms with E-state index in [2.05, 4.69) is 15.5 Å². The van der Waals surface area contributed by atoms with Gasteiger partial charge in [0.25, 0.3) is 16.8 Å². The van der Waals surface area contributed by atoms with Gasteiger partial charge >= 0.3 is 0 Å². The first kappa shape index (κ1) is 25.8. The Balaban J connectivity index is 1.51. The fraction of sp³-hybridized carbons (Fsp3) is 0.333. The van der Waals surface area contributed by atoms with Crippen LogP contribution in [0.15, 0.2) is 44.5 Å². The number of rotatable bonds is 9. The Hall–Kier alpha value is -3.30. The molecule has 2 aliphatic rings. The van der Waals surface area contributed by atoms with Gasteiger partial charge in [-0.2, -0.15) is 4.57 Å². The van der Waals surface area contributed by atoms with Crippen LogP contribution in [-0.4, -0.2) is 71.2 Å². The number of carbonyl (C=O) groups is 3. The lowest BCUT2D eigenvalue weighted by atomic mass is 9.94. The molecule has 0 aliphatic carbocycles. The van der Waals surface area contributed by atoms with Gasteiger partial charge in [0.2, 0.25) is 0 Å². The highest BCUT2D eigenvalue weighted by Crippen LogP contribution is 2.41. The summed E-state index contributed by atoms with van der Waals surface area (Å²) in [5.41, 5.74) is 5.52. The molecule has 1 saturated heterocycles. The summed E-state index contributed by atoms with van der Waals surface area (Å²) < 4.78 is 7.27. The molecule has 1 fully saturated rings. The minimum Gasteiger partial charge on any atom is -0.543 e. The van der Waals surface area contributed by atoms with Crippen LogP contribution in [0.25, 0.3) is 0 Å². The number of carbonyl (C=O) groups excluding carboxylic acids is 3. The lowest BCUT2D eigenvalue weighted by Gasteiger charge is -2.51. The highest BCUT2D eigenvalue weighted by atomic mass is 32.2. The molecule has 2 atom stereocenters. The smallest absolute Gasteiger partial charge is 0.282 e. The van der Waals surface area contributed by atoms with Crippen molar-refractivity contribution in [2.24, 2.45) is 12.2 Å². The number of hydrogen-bond donors (Lipinski definition) is 2. The number of aromatic nitrogens is 2. The fourth-order valence-corrected chi connectivity index (χ4v) is 6.85. The topological polar surface area (TPSA) is 163 Å². The first-order valence-corrected chi connectivity index (χ1v) is 13.3. The number of methoxy groups -OCH3 is 1. The van der Waals surface area contributed by atoms with E-state index in [0.29, 0.717) is 22.2 Å². The number of carboxylic acid groups (broad SMARTS) is 1. The molecule has 2 aliphatic heterocycles. The van der Waals surface area contributed by atoms with Crippen molar-refractivity contribution in [3.05, 3.63) is 40.0 Å². The molecule has 190 valence electrons. The number of nitrogens with zero attached hydrogens (tertiary/aromatic N) is 4. The highest BCUT2D eigenvalue weighted by Gasteiger charge is 2.52. The van der Waals surface area contributed by atoms with E-state index in [9.17, 15) is 19.5 Å². The van der Waals surface area contributed by atoms with Gasteiger partial charge in [0.1, 0.15) is 25.9 Å². The first-order chi connectivity index (χ1) is 17.3. The molecule has 4 rings (SSSR count). The zero-order chi connectivity index (χ0) is 26.0. The number of anilines is 1. The number of hydrogen-bond acceptors (Lipinski definition) is 12. The number of thiazole rings is 1. The minimum absolute atomic E-state index is 0.141. The molecule has 0 bridgehead atoms. The Kier molecular flexibility index (Phi) is 7.70. The minimum atomic E-state index is -1.45. The van der Waals surface area contributed by atoms with E-state index in [0.717, 1.165) is 16.4 Å². The molecular formula is C21H22N6O6S3. The zero-order valence-corrected chi connectivity index (χ0v) is 21.9. The number of aryl methyl sites for hydroxylation is 1. The molecular weight excluding hydrogens is 528 g/mol. The summed E-state index contributed by atoms with van der Waals surface area (Å²) in [6.45, 7) is 0. The van der Waals surface area contributed by atoms with Crippen LogP contribution in [-0.2, 0) is 26.3 Å². The van der Waals surface area contributed by atoms with Gasteiger partial charge in [-0.05, 0) is 17.8 Å². The summed E-state index contributed by atoms with van der Waals surface area (Å²) in [7, 11) is 4.69. The van der Waals surface area contributed by atoms with Crippen LogP contribution in [0, 0.1) is 0 Å². The number of carboxylic acids is 1. The number of pyridine rings is 1. The molecule has 15 heteroatoms. The number of amides is 2. The number of thioether (sulfide) groups is 2. The second-order valence-corrected chi connectivity index (χ2v) is 10.5. The number of nitrogens with two attached hydrogens (primary N) is 1. The lowest BCUT2D eigenvalue weighted by Crippen LogP contribution is -2.73. The van der Waals surface area contributed by atoms with Crippen molar-refractivity contribution in [3.8, 4) is 5.75 Å². The van der Waals surface area contributed by atoms with Gasteiger partial charge in [0.05, 0.1) is 24.8 Å². The second-order valence-electron chi connectivity index (χ2n) is 7.57. The van der Waals surface area contributed by atoms with Crippen molar-refractivity contribution in [3.63, 3.8) is 0 Å². The van der Waals surface area contributed by atoms with Gasteiger partial charge in [0, 0.05) is 27.9 Å². The van der Waals surface area contributed by atoms with Gasteiger partial charge in [-0.3, -0.25) is 9.59 Å². The Morgan fingerprint density at radius 3 is 2.86 bits per heavy atom. The third-order valence-corrected chi connectivity index (χ3v) is 8.69. The van der Waals surface area contributed by atoms with Crippen molar-refractivity contribution in [1.29, 1.82) is 0 Å². The average Bonchev–Trinajstić information content (AvgIpc) is 3.29. The number of β-lactam (4-membered cyclic amide) rings is 1. The van der Waals surface area contributed by atoms with E-state index >= 15 is 0 Å². The molecule has 2 unspecified atom stereocenters. The third-order valence-electron chi connectivity index (χ3n) is 5.44. The van der Waals surface area contributed by atoms with Crippen LogP contribution in [0.4, 0.5) is 5.13 Å². The monoisotopic (exact) mass is 550 g/mol. The molecule has 2 amide bonds. The molecule has 2 aromatic rings. The van der Waals surface area contributed by atoms with E-state index in [-0.39, 0.29) is 22.2 Å². The molecule has 0 saturated carbocycles. The normalized spacial score (nSPS) is 19.5. The van der Waals surface area contributed by atoms with Crippen molar-refractivity contribution in [2.45, 2.75) is 17.1 Å². The van der Waals surface area contributed by atoms with Crippen molar-refractivity contribution < 1.29 is 33.6 Å². The second kappa shape index (κ2) is 10.8. The van der Waals surface area contributed by atoms with Crippen LogP contribution in [0.1, 0.15) is 5.69 Å². The zero-order valence-electron chi connectivity index (χ0n) is 19.4. The Morgan fingerprint density at radius 1 is 1.44 bits per heavy atom. The molecule has 0 spiro atoms. The number of oxime groups is 1. The summed E-state index contributed by atoms with van der Waals surface area (Å²) in [6, 6.07) is 2.17. The average molecular weight is 551 g/mol. The summed E-state index contributed by atoms with van der Waals surface area (Å²) in [6.07, 6.45) is 1.86. The predicted molar refractivity (Wildman–Crippen MR) is 132 cm³/mol. The summed E-state index contributed by atoms with van der Waals surface area (Å²) >= 11 is 3.83. The molecule has 0 aromatic carbocycles. The van der Waals surface area contributed by atoms with Crippen LogP contribution in [0.3, 0.4) is 0 Å². The largest absolute Gasteiger partial charge is 0.543 e. The van der Waals surface area contributed by atoms with Crippen molar-refractivity contribution in [1.82, 2.24) is 15.2 Å². The third kappa shape index (κ3) is 4.85. The first-order valence-electron chi connectivity index (χ1n) is 10.5. The molecule has 3 N–H and O–H groups in total. The highest BCUT2D eigenvalue weighted by molar-refractivity contribution is 8.06. The maximum Gasteiger partial charge on any atom is 0.282 e. The Bertz CT molecular complexity index is 1280. The van der Waals surface area contributed by atoms with Gasteiger partial charge in [-0.25, -0.2) is 4.98 Å². The number of ether oxygens (including phenoxy) is 1. The predicted octanol–water partition coefficient (Wildman–Crippen LogP) is -0.895. The van der Waals surface area contributed by atoms with E-state index < -0.39 is 29.9 Å². The lowest BCUT2D eigenvalue weighted by molar-refractivity contribution is -0.709. The SMILES string of the molecule is CON=C(C(=O)NC1C(=O)N2C(C(=O)[O-])=C(CSc3c(OC)ccc[n+]3C)SCC12)c1csc(N)n1. The summed E-state index contributed by atoms with van der Waals surface area (Å²) in [5, 5.41) is 21.0. The summed E-state index contributed by atoms with van der Waals surface area (Å²) in [4.78, 5) is 48.4. The van der Waals surface area contributed by atoms with Crippen LogP contribution < -0.4 is 25.5 Å². The molecule has 12 nitrogen and oxygen atoms in total. The molecule has 36 heavy (non-hydrogen) atoms. The van der Waals surface area contributed by atoms with E-state index in [1.54, 1.807) is 12.5 Å². The van der Waals surface area contributed by atoms with Crippen LogP contribution in [0.2, 0.25) is 0 Å². The summed E-state index contributed by atoms with van der Waals surface area (Å²) in [5.74, 6) is -1.35. The van der Waals surface area contributed by atoms with Crippen LogP contribution in [0.5, 0.6) is 5.75 Å². The Morgan fingerprint density at radius 2 is 2.22 bits per heavy atom. The maximum atomic E-state index is 13.0. The van der Waals surface area contributed by atoms with Gasteiger partial charge in [-0.1, -0.05) is 5.16 Å². The Labute approximate surface area is 218 Å². The molecule has 0 radical (unpaired) electrons. The fourth-order valence-electron chi connectivity index (χ4n) is 3.80. The van der Waals surface area contributed by atoms with E-state index in [1.807, 2.05) is 29.9 Å². The standard InChI is InChI=1S/C21H22N6O6S3/c1-26-6-4-5-12(32-2)19(26)35-9-13-16(20(30)31)27-11(8-34-13)15(18(27)29)24-17(28)14(25-33-3)10-7-36-21(22)23-10/h4-7,11,15H,8-9H2,1-3H3,(H3-,22,23,24,28,30,31). The molecule has 4 heterocycles. The van der Waals surface area contributed by atoms with Gasteiger partial charge < -0.3 is 35.4 Å². The van der Waals surface area contributed by atoms with Crippen LogP contribution >= 0.6 is 34.9 Å². The maximum absolute atomic E-state index is 13.0. The van der Waals surface area contributed by atoms with E-state index in [4.69, 9.17) is 15.3 Å². The number of fused-ring (bicyclic) bond motifs is 1. The number of nitrogens with one attached hydrogen (secondary N) is 1. The van der Waals surface area contributed by atoms with Crippen molar-refractivity contribution >= 4 is 63.5 Å².